The van der Waals surface area contributed by atoms with Gasteiger partial charge in [0.2, 0.25) is 15.9 Å². The highest BCUT2D eigenvalue weighted by molar-refractivity contribution is 7.89. The van der Waals surface area contributed by atoms with Crippen LogP contribution in [0.4, 0.5) is 0 Å². The Balaban J connectivity index is 0.00000400. The van der Waals surface area contributed by atoms with Crippen LogP contribution in [0.5, 0.6) is 0 Å². The second kappa shape index (κ2) is 10.4. The van der Waals surface area contributed by atoms with Crippen molar-refractivity contribution in [2.75, 3.05) is 25.4 Å². The van der Waals surface area contributed by atoms with E-state index in [9.17, 15) is 13.2 Å². The van der Waals surface area contributed by atoms with Gasteiger partial charge in [-0.2, -0.15) is 4.31 Å². The molecule has 1 saturated heterocycles. The first-order chi connectivity index (χ1) is 9.53. The average molecular weight is 342 g/mol. The number of hydrogen-bond donors (Lipinski definition) is 2. The highest BCUT2D eigenvalue weighted by Crippen LogP contribution is 2.22. The highest BCUT2D eigenvalue weighted by atomic mass is 35.5. The molecular weight excluding hydrogens is 314 g/mol. The number of amides is 1. The Morgan fingerprint density at radius 3 is 2.67 bits per heavy atom. The molecule has 21 heavy (non-hydrogen) atoms. The molecule has 6 nitrogen and oxygen atoms in total. The van der Waals surface area contributed by atoms with Crippen LogP contribution in [0.1, 0.15) is 45.4 Å². The Hall–Kier alpha value is -0.370. The second-order valence-electron chi connectivity index (χ2n) is 5.23. The molecule has 0 aromatic carbocycles. The normalized spacial score (nSPS) is 19.2. The van der Waals surface area contributed by atoms with E-state index in [-0.39, 0.29) is 24.1 Å². The summed E-state index contributed by atoms with van der Waals surface area (Å²) in [5, 5.41) is 2.82. The molecule has 0 spiro atoms. The Morgan fingerprint density at radius 1 is 1.33 bits per heavy atom. The maximum absolute atomic E-state index is 12.2. The first-order valence-electron chi connectivity index (χ1n) is 7.50. The zero-order valence-corrected chi connectivity index (χ0v) is 14.3. The maximum atomic E-state index is 12.2. The van der Waals surface area contributed by atoms with Crippen LogP contribution in [0.3, 0.4) is 0 Å². The van der Waals surface area contributed by atoms with Gasteiger partial charge in [-0.15, -0.1) is 12.4 Å². The lowest BCUT2D eigenvalue weighted by atomic mass is 10.2. The second-order valence-corrected chi connectivity index (χ2v) is 7.27. The molecule has 0 radical (unpaired) electrons. The first kappa shape index (κ1) is 20.6. The summed E-state index contributed by atoms with van der Waals surface area (Å²) < 4.78 is 25.8. The molecule has 0 bridgehead atoms. The minimum absolute atomic E-state index is 0. The molecule has 3 N–H and O–H groups in total. The van der Waals surface area contributed by atoms with Crippen molar-refractivity contribution in [1.82, 2.24) is 9.62 Å². The molecule has 1 atom stereocenters. The van der Waals surface area contributed by atoms with Crippen LogP contribution in [-0.2, 0) is 14.8 Å². The van der Waals surface area contributed by atoms with E-state index in [1.54, 1.807) is 0 Å². The molecule has 0 aromatic rings. The van der Waals surface area contributed by atoms with E-state index in [0.717, 1.165) is 25.7 Å². The van der Waals surface area contributed by atoms with Crippen LogP contribution in [0.15, 0.2) is 0 Å². The van der Waals surface area contributed by atoms with Crippen LogP contribution in [0.25, 0.3) is 0 Å². The fourth-order valence-corrected chi connectivity index (χ4v) is 4.26. The molecule has 1 aliphatic rings. The van der Waals surface area contributed by atoms with Crippen LogP contribution in [-0.4, -0.2) is 50.1 Å². The molecule has 8 heteroatoms. The van der Waals surface area contributed by atoms with Crippen molar-refractivity contribution in [3.63, 3.8) is 0 Å². The van der Waals surface area contributed by atoms with Crippen molar-refractivity contribution in [2.45, 2.75) is 51.5 Å². The summed E-state index contributed by atoms with van der Waals surface area (Å²) in [6.45, 7) is 3.60. The highest BCUT2D eigenvalue weighted by Gasteiger charge is 2.37. The molecule has 126 valence electrons. The Kier molecular flexibility index (Phi) is 10.2. The predicted octanol–water partition coefficient (Wildman–Crippen LogP) is 0.858. The first-order valence-corrected chi connectivity index (χ1v) is 9.11. The Labute approximate surface area is 134 Å². The molecule has 0 aliphatic carbocycles. The van der Waals surface area contributed by atoms with Gasteiger partial charge < -0.3 is 11.1 Å². The number of sulfonamides is 1. The van der Waals surface area contributed by atoms with Gasteiger partial charge in [0.15, 0.2) is 0 Å². The Bertz CT molecular complexity index is 403. The molecule has 1 heterocycles. The number of nitrogens with zero attached hydrogens (tertiary/aromatic N) is 1. The number of carbonyl (C=O) groups excluding carboxylic acids is 1. The molecule has 1 amide bonds. The lowest BCUT2D eigenvalue weighted by Gasteiger charge is -2.23. The SMILES string of the molecule is CCCCS(=O)(=O)N1CCCC1C(=O)NCCCCN.Cl. The van der Waals surface area contributed by atoms with Crippen molar-refractivity contribution >= 4 is 28.3 Å². The lowest BCUT2D eigenvalue weighted by molar-refractivity contribution is -0.124. The fourth-order valence-electron chi connectivity index (χ4n) is 2.38. The van der Waals surface area contributed by atoms with E-state index in [0.29, 0.717) is 32.5 Å². The zero-order valence-electron chi connectivity index (χ0n) is 12.7. The summed E-state index contributed by atoms with van der Waals surface area (Å²) >= 11 is 0. The summed E-state index contributed by atoms with van der Waals surface area (Å²) in [5.74, 6) is -0.0277. The van der Waals surface area contributed by atoms with Gasteiger partial charge in [0.25, 0.3) is 0 Å². The number of rotatable bonds is 9. The van der Waals surface area contributed by atoms with E-state index < -0.39 is 16.1 Å². The van der Waals surface area contributed by atoms with Gasteiger partial charge in [0, 0.05) is 13.1 Å². The van der Waals surface area contributed by atoms with Gasteiger partial charge in [0.1, 0.15) is 6.04 Å². The largest absolute Gasteiger partial charge is 0.355 e. The van der Waals surface area contributed by atoms with Crippen LogP contribution in [0.2, 0.25) is 0 Å². The minimum atomic E-state index is -3.30. The fraction of sp³-hybridized carbons (Fsp3) is 0.923. The third-order valence-electron chi connectivity index (χ3n) is 3.55. The number of halogens is 1. The van der Waals surface area contributed by atoms with Crippen molar-refractivity contribution < 1.29 is 13.2 Å². The van der Waals surface area contributed by atoms with Gasteiger partial charge in [-0.1, -0.05) is 13.3 Å². The van der Waals surface area contributed by atoms with Gasteiger partial charge in [-0.25, -0.2) is 8.42 Å². The molecular formula is C13H28ClN3O3S. The van der Waals surface area contributed by atoms with Crippen LogP contribution < -0.4 is 11.1 Å². The van der Waals surface area contributed by atoms with E-state index in [1.165, 1.54) is 4.31 Å². The monoisotopic (exact) mass is 341 g/mol. The summed E-state index contributed by atoms with van der Waals surface area (Å²) in [5.41, 5.74) is 5.39. The van der Waals surface area contributed by atoms with Crippen molar-refractivity contribution in [3.8, 4) is 0 Å². The van der Waals surface area contributed by atoms with Gasteiger partial charge in [0.05, 0.1) is 5.75 Å². The lowest BCUT2D eigenvalue weighted by Crippen LogP contribution is -2.46. The van der Waals surface area contributed by atoms with Crippen LogP contribution >= 0.6 is 12.4 Å². The zero-order chi connectivity index (χ0) is 15.0. The van der Waals surface area contributed by atoms with Crippen molar-refractivity contribution in [3.05, 3.63) is 0 Å². The summed E-state index contributed by atoms with van der Waals surface area (Å²) in [6, 6.07) is -0.519. The number of unbranched alkanes of at least 4 members (excludes halogenated alkanes) is 2. The van der Waals surface area contributed by atoms with Gasteiger partial charge >= 0.3 is 0 Å². The van der Waals surface area contributed by atoms with E-state index in [1.807, 2.05) is 6.92 Å². The van der Waals surface area contributed by atoms with E-state index in [4.69, 9.17) is 5.73 Å². The van der Waals surface area contributed by atoms with Crippen LogP contribution in [0, 0.1) is 0 Å². The minimum Gasteiger partial charge on any atom is -0.355 e. The van der Waals surface area contributed by atoms with Crippen molar-refractivity contribution in [2.24, 2.45) is 5.73 Å². The van der Waals surface area contributed by atoms with Crippen molar-refractivity contribution in [1.29, 1.82) is 0 Å². The topological polar surface area (TPSA) is 92.5 Å². The summed E-state index contributed by atoms with van der Waals surface area (Å²) in [7, 11) is -3.30. The Morgan fingerprint density at radius 2 is 2.05 bits per heavy atom. The molecule has 0 aromatic heterocycles. The third-order valence-corrected chi connectivity index (χ3v) is 5.51. The molecule has 1 unspecified atom stereocenters. The maximum Gasteiger partial charge on any atom is 0.238 e. The van der Waals surface area contributed by atoms with E-state index in [2.05, 4.69) is 5.32 Å². The molecule has 1 rings (SSSR count). The predicted molar refractivity (Wildman–Crippen MR) is 87.0 cm³/mol. The quantitative estimate of drug-likeness (QED) is 0.608. The molecule has 1 fully saturated rings. The van der Waals surface area contributed by atoms with Gasteiger partial charge in [-0.05, 0) is 38.6 Å². The standard InChI is InChI=1S/C13H27N3O3S.ClH/c1-2-3-11-20(18,19)16-10-6-7-12(16)13(17)15-9-5-4-8-14;/h12H,2-11,14H2,1H3,(H,15,17);1H. The summed E-state index contributed by atoms with van der Waals surface area (Å²) in [6.07, 6.45) is 4.55. The number of carbonyl (C=O) groups is 1. The number of hydrogen-bond acceptors (Lipinski definition) is 4. The molecule has 0 saturated carbocycles. The van der Waals surface area contributed by atoms with E-state index >= 15 is 0 Å². The third kappa shape index (κ3) is 6.50. The smallest absolute Gasteiger partial charge is 0.238 e. The number of nitrogens with one attached hydrogen (secondary N) is 1. The molecule has 1 aliphatic heterocycles. The van der Waals surface area contributed by atoms with Gasteiger partial charge in [-0.3, -0.25) is 4.79 Å². The average Bonchev–Trinajstić information content (AvgIpc) is 2.91. The number of nitrogens with two attached hydrogens (primary N) is 1. The summed E-state index contributed by atoms with van der Waals surface area (Å²) in [4.78, 5) is 12.1.